The standard InChI is InChI=1S/C15H12N2O/c1-10-14(13-8-4-5-9-16-13)15(18)11-6-2-3-7-12(11)17-10/h2-9H,1H3,(H,17,18). The molecular weight excluding hydrogens is 224 g/mol. The minimum absolute atomic E-state index is 0.0283. The van der Waals surface area contributed by atoms with E-state index in [4.69, 9.17) is 0 Å². The van der Waals surface area contributed by atoms with Crippen LogP contribution in [0.1, 0.15) is 5.69 Å². The van der Waals surface area contributed by atoms with E-state index in [9.17, 15) is 4.79 Å². The van der Waals surface area contributed by atoms with E-state index >= 15 is 0 Å². The fourth-order valence-corrected chi connectivity index (χ4v) is 2.18. The number of benzene rings is 1. The molecule has 0 aliphatic heterocycles. The molecule has 2 aromatic heterocycles. The smallest absolute Gasteiger partial charge is 0.199 e. The molecule has 0 spiro atoms. The Morgan fingerprint density at radius 3 is 2.61 bits per heavy atom. The monoisotopic (exact) mass is 236 g/mol. The molecule has 18 heavy (non-hydrogen) atoms. The van der Waals surface area contributed by atoms with Gasteiger partial charge in [0, 0.05) is 22.8 Å². The summed E-state index contributed by atoms with van der Waals surface area (Å²) in [5.41, 5.74) is 3.09. The zero-order chi connectivity index (χ0) is 12.5. The van der Waals surface area contributed by atoms with E-state index in [2.05, 4.69) is 9.97 Å². The molecule has 0 saturated heterocycles. The highest BCUT2D eigenvalue weighted by atomic mass is 16.1. The second-order valence-electron chi connectivity index (χ2n) is 4.21. The topological polar surface area (TPSA) is 45.8 Å². The lowest BCUT2D eigenvalue weighted by atomic mass is 10.1. The number of para-hydroxylation sites is 1. The van der Waals surface area contributed by atoms with E-state index in [0.29, 0.717) is 16.6 Å². The van der Waals surface area contributed by atoms with Crippen LogP contribution in [0.5, 0.6) is 0 Å². The van der Waals surface area contributed by atoms with Gasteiger partial charge in [0.25, 0.3) is 0 Å². The van der Waals surface area contributed by atoms with Gasteiger partial charge in [0.1, 0.15) is 0 Å². The Hall–Kier alpha value is -2.42. The Bertz CT molecular complexity index is 760. The van der Waals surface area contributed by atoms with E-state index in [1.54, 1.807) is 6.20 Å². The van der Waals surface area contributed by atoms with Crippen LogP contribution in [0.3, 0.4) is 0 Å². The fourth-order valence-electron chi connectivity index (χ4n) is 2.18. The summed E-state index contributed by atoms with van der Waals surface area (Å²) in [7, 11) is 0. The zero-order valence-electron chi connectivity index (χ0n) is 9.97. The molecule has 1 N–H and O–H groups in total. The highest BCUT2D eigenvalue weighted by Gasteiger charge is 2.11. The number of nitrogens with zero attached hydrogens (tertiary/aromatic N) is 1. The molecule has 0 amide bonds. The first-order chi connectivity index (χ1) is 8.77. The third kappa shape index (κ3) is 1.61. The van der Waals surface area contributed by atoms with Crippen LogP contribution >= 0.6 is 0 Å². The average Bonchev–Trinajstić information content (AvgIpc) is 2.40. The summed E-state index contributed by atoms with van der Waals surface area (Å²) in [6, 6.07) is 13.1. The van der Waals surface area contributed by atoms with Crippen LogP contribution < -0.4 is 5.43 Å². The van der Waals surface area contributed by atoms with Crippen LogP contribution in [0.25, 0.3) is 22.2 Å². The molecule has 0 radical (unpaired) electrons. The van der Waals surface area contributed by atoms with Crippen LogP contribution in [0.4, 0.5) is 0 Å². The van der Waals surface area contributed by atoms with Crippen molar-refractivity contribution in [3.05, 3.63) is 64.6 Å². The quantitative estimate of drug-likeness (QED) is 0.706. The molecule has 88 valence electrons. The number of hydrogen-bond acceptors (Lipinski definition) is 2. The van der Waals surface area contributed by atoms with Crippen LogP contribution in [-0.2, 0) is 0 Å². The van der Waals surface area contributed by atoms with Crippen molar-refractivity contribution in [2.45, 2.75) is 6.92 Å². The second kappa shape index (κ2) is 4.11. The predicted molar refractivity (Wildman–Crippen MR) is 72.5 cm³/mol. The number of fused-ring (bicyclic) bond motifs is 1. The number of rotatable bonds is 1. The van der Waals surface area contributed by atoms with Crippen LogP contribution in [0.2, 0.25) is 0 Å². The van der Waals surface area contributed by atoms with E-state index in [1.807, 2.05) is 49.4 Å². The van der Waals surface area contributed by atoms with Gasteiger partial charge in [-0.1, -0.05) is 18.2 Å². The normalized spacial score (nSPS) is 10.7. The molecule has 0 atom stereocenters. The summed E-state index contributed by atoms with van der Waals surface area (Å²) in [6.07, 6.45) is 1.70. The van der Waals surface area contributed by atoms with Gasteiger partial charge in [0.05, 0.1) is 11.3 Å². The van der Waals surface area contributed by atoms with Gasteiger partial charge in [-0.15, -0.1) is 0 Å². The molecule has 0 saturated carbocycles. The molecule has 0 aliphatic carbocycles. The molecule has 3 aromatic rings. The lowest BCUT2D eigenvalue weighted by Gasteiger charge is -2.07. The van der Waals surface area contributed by atoms with Crippen molar-refractivity contribution in [2.75, 3.05) is 0 Å². The SMILES string of the molecule is Cc1[nH]c2ccccc2c(=O)c1-c1ccccn1. The number of aromatic amines is 1. The van der Waals surface area contributed by atoms with Gasteiger partial charge in [0.2, 0.25) is 0 Å². The van der Waals surface area contributed by atoms with Crippen LogP contribution in [0, 0.1) is 6.92 Å². The Balaban J connectivity index is 2.41. The lowest BCUT2D eigenvalue weighted by Crippen LogP contribution is -2.10. The average molecular weight is 236 g/mol. The van der Waals surface area contributed by atoms with Crippen molar-refractivity contribution < 1.29 is 0 Å². The van der Waals surface area contributed by atoms with Crippen molar-refractivity contribution in [1.82, 2.24) is 9.97 Å². The summed E-state index contributed by atoms with van der Waals surface area (Å²) in [5, 5.41) is 0.698. The van der Waals surface area contributed by atoms with E-state index < -0.39 is 0 Å². The van der Waals surface area contributed by atoms with Crippen molar-refractivity contribution in [3.63, 3.8) is 0 Å². The number of pyridine rings is 2. The highest BCUT2D eigenvalue weighted by Crippen LogP contribution is 2.18. The van der Waals surface area contributed by atoms with E-state index in [1.165, 1.54) is 0 Å². The van der Waals surface area contributed by atoms with E-state index in [-0.39, 0.29) is 5.43 Å². The number of H-pyrrole nitrogens is 1. The number of hydrogen-bond donors (Lipinski definition) is 1. The predicted octanol–water partition coefficient (Wildman–Crippen LogP) is 2.90. The Morgan fingerprint density at radius 2 is 1.83 bits per heavy atom. The fraction of sp³-hybridized carbons (Fsp3) is 0.0667. The summed E-state index contributed by atoms with van der Waals surface area (Å²) in [4.78, 5) is 20.0. The third-order valence-corrected chi connectivity index (χ3v) is 3.02. The molecule has 3 heteroatoms. The summed E-state index contributed by atoms with van der Waals surface area (Å²) in [5.74, 6) is 0. The highest BCUT2D eigenvalue weighted by molar-refractivity contribution is 5.83. The van der Waals surface area contributed by atoms with Crippen molar-refractivity contribution in [2.24, 2.45) is 0 Å². The van der Waals surface area contributed by atoms with Gasteiger partial charge >= 0.3 is 0 Å². The van der Waals surface area contributed by atoms with Crippen molar-refractivity contribution in [3.8, 4) is 11.3 Å². The molecule has 0 bridgehead atoms. The van der Waals surface area contributed by atoms with Crippen LogP contribution in [-0.4, -0.2) is 9.97 Å². The van der Waals surface area contributed by atoms with Crippen molar-refractivity contribution in [1.29, 1.82) is 0 Å². The number of aryl methyl sites for hydroxylation is 1. The van der Waals surface area contributed by atoms with Crippen LogP contribution in [0.15, 0.2) is 53.5 Å². The Labute approximate surface area is 104 Å². The van der Waals surface area contributed by atoms with Gasteiger partial charge < -0.3 is 4.98 Å². The number of aromatic nitrogens is 2. The van der Waals surface area contributed by atoms with Gasteiger partial charge in [-0.25, -0.2) is 0 Å². The number of nitrogens with one attached hydrogen (secondary N) is 1. The second-order valence-corrected chi connectivity index (χ2v) is 4.21. The van der Waals surface area contributed by atoms with Crippen molar-refractivity contribution >= 4 is 10.9 Å². The van der Waals surface area contributed by atoms with Gasteiger partial charge in [-0.05, 0) is 31.2 Å². The first-order valence-corrected chi connectivity index (χ1v) is 5.80. The molecule has 0 aliphatic rings. The largest absolute Gasteiger partial charge is 0.358 e. The van der Waals surface area contributed by atoms with E-state index in [0.717, 1.165) is 11.2 Å². The lowest BCUT2D eigenvalue weighted by molar-refractivity contribution is 1.21. The third-order valence-electron chi connectivity index (χ3n) is 3.02. The molecular formula is C15H12N2O. The summed E-state index contributed by atoms with van der Waals surface area (Å²) >= 11 is 0. The van der Waals surface area contributed by atoms with Gasteiger partial charge in [-0.2, -0.15) is 0 Å². The Kier molecular flexibility index (Phi) is 2.45. The first kappa shape index (κ1) is 10.7. The minimum Gasteiger partial charge on any atom is -0.358 e. The molecule has 3 rings (SSSR count). The maximum absolute atomic E-state index is 12.5. The molecule has 1 aromatic carbocycles. The maximum atomic E-state index is 12.5. The molecule has 0 unspecified atom stereocenters. The minimum atomic E-state index is 0.0283. The molecule has 2 heterocycles. The zero-order valence-corrected chi connectivity index (χ0v) is 9.97. The first-order valence-electron chi connectivity index (χ1n) is 5.80. The Morgan fingerprint density at radius 1 is 1.06 bits per heavy atom. The molecule has 3 nitrogen and oxygen atoms in total. The van der Waals surface area contributed by atoms with Gasteiger partial charge in [0.15, 0.2) is 5.43 Å². The van der Waals surface area contributed by atoms with Gasteiger partial charge in [-0.3, -0.25) is 9.78 Å². The molecule has 0 fully saturated rings. The summed E-state index contributed by atoms with van der Waals surface area (Å²) < 4.78 is 0. The maximum Gasteiger partial charge on any atom is 0.199 e. The summed E-state index contributed by atoms with van der Waals surface area (Å²) in [6.45, 7) is 1.90.